The highest BCUT2D eigenvalue weighted by atomic mass is 32.2. The minimum atomic E-state index is -3.52. The first-order valence-corrected chi connectivity index (χ1v) is 12.7. The normalized spacial score (nSPS) is 20.3. The Morgan fingerprint density at radius 2 is 1.83 bits per heavy atom. The molecule has 1 aliphatic rings. The Hall–Kier alpha value is -1.84. The number of sulfonamides is 1. The lowest BCUT2D eigenvalue weighted by atomic mass is 9.94. The van der Waals surface area contributed by atoms with Crippen molar-refractivity contribution in [3.05, 3.63) is 41.3 Å². The van der Waals surface area contributed by atoms with E-state index in [0.717, 1.165) is 23.4 Å². The van der Waals surface area contributed by atoms with Crippen LogP contribution in [0.1, 0.15) is 37.3 Å². The maximum atomic E-state index is 12.9. The van der Waals surface area contributed by atoms with E-state index < -0.39 is 10.0 Å². The van der Waals surface area contributed by atoms with Gasteiger partial charge in [-0.2, -0.15) is 4.31 Å². The zero-order valence-electron chi connectivity index (χ0n) is 17.8. The molecule has 2 unspecified atom stereocenters. The Balaban J connectivity index is 1.55. The number of rotatable bonds is 7. The number of nitrogens with zero attached hydrogens (tertiary/aromatic N) is 2. The van der Waals surface area contributed by atoms with Gasteiger partial charge < -0.3 is 9.84 Å². The molecule has 2 atom stereocenters. The highest BCUT2D eigenvalue weighted by Crippen LogP contribution is 2.27. The Morgan fingerprint density at radius 1 is 1.20 bits per heavy atom. The minimum absolute atomic E-state index is 0.138. The van der Waals surface area contributed by atoms with Crippen LogP contribution in [-0.4, -0.2) is 42.6 Å². The largest absolute Gasteiger partial charge is 0.361 e. The van der Waals surface area contributed by atoms with Crippen LogP contribution in [0.25, 0.3) is 0 Å². The number of aryl methyl sites for hydroxylation is 2. The summed E-state index contributed by atoms with van der Waals surface area (Å²) in [5.41, 5.74) is 2.44. The van der Waals surface area contributed by atoms with Gasteiger partial charge in [-0.05, 0) is 56.4 Å². The first-order valence-electron chi connectivity index (χ1n) is 10.1. The fourth-order valence-electron chi connectivity index (χ4n) is 3.81. The predicted octanol–water partition coefficient (Wildman–Crippen LogP) is 3.83. The summed E-state index contributed by atoms with van der Waals surface area (Å²) in [4.78, 5) is 12.5. The van der Waals surface area contributed by atoms with Gasteiger partial charge in [0, 0.05) is 30.1 Å². The number of hydrogen-bond donors (Lipinski definition) is 1. The van der Waals surface area contributed by atoms with Crippen molar-refractivity contribution < 1.29 is 17.7 Å². The third kappa shape index (κ3) is 5.44. The number of aromatic nitrogens is 1. The van der Waals surface area contributed by atoms with Gasteiger partial charge in [-0.25, -0.2) is 8.42 Å². The standard InChI is InChI=1S/C21H29N3O4S2/c1-14-9-15(2)11-24(10-14)30(26,27)19-7-5-18(6-8-19)22-21(25)13-29-12-20-16(3)23-28-17(20)4/h5-8,14-15H,9-13H2,1-4H3,(H,22,25). The Kier molecular flexibility index (Phi) is 7.26. The van der Waals surface area contributed by atoms with Gasteiger partial charge in [-0.3, -0.25) is 4.79 Å². The number of piperidine rings is 1. The molecular formula is C21H29N3O4S2. The van der Waals surface area contributed by atoms with Crippen LogP contribution in [0.15, 0.2) is 33.7 Å². The summed E-state index contributed by atoms with van der Waals surface area (Å²) in [5, 5.41) is 6.73. The van der Waals surface area contributed by atoms with Gasteiger partial charge in [0.2, 0.25) is 15.9 Å². The highest BCUT2D eigenvalue weighted by Gasteiger charge is 2.31. The van der Waals surface area contributed by atoms with Gasteiger partial charge in [0.15, 0.2) is 0 Å². The summed E-state index contributed by atoms with van der Waals surface area (Å²) in [6, 6.07) is 6.40. The third-order valence-corrected chi connectivity index (χ3v) is 8.08. The van der Waals surface area contributed by atoms with Gasteiger partial charge in [-0.1, -0.05) is 19.0 Å². The fourth-order valence-corrected chi connectivity index (χ4v) is 6.47. The van der Waals surface area contributed by atoms with Crippen molar-refractivity contribution >= 4 is 33.4 Å². The first kappa shape index (κ1) is 22.8. The van der Waals surface area contributed by atoms with Gasteiger partial charge in [-0.15, -0.1) is 11.8 Å². The van der Waals surface area contributed by atoms with Crippen LogP contribution in [-0.2, 0) is 20.6 Å². The summed E-state index contributed by atoms with van der Waals surface area (Å²) in [6.45, 7) is 9.01. The smallest absolute Gasteiger partial charge is 0.243 e. The van der Waals surface area contributed by atoms with E-state index >= 15 is 0 Å². The summed E-state index contributed by atoms with van der Waals surface area (Å²) in [5.74, 6) is 2.28. The average molecular weight is 452 g/mol. The molecule has 1 aromatic carbocycles. The zero-order valence-corrected chi connectivity index (χ0v) is 19.5. The molecule has 0 bridgehead atoms. The number of thioether (sulfide) groups is 1. The van der Waals surface area contributed by atoms with Crippen molar-refractivity contribution in [1.29, 1.82) is 0 Å². The summed E-state index contributed by atoms with van der Waals surface area (Å²) in [6.07, 6.45) is 1.05. The van der Waals surface area contributed by atoms with E-state index in [1.165, 1.54) is 11.8 Å². The highest BCUT2D eigenvalue weighted by molar-refractivity contribution is 7.99. The summed E-state index contributed by atoms with van der Waals surface area (Å²) >= 11 is 1.48. The molecule has 7 nitrogen and oxygen atoms in total. The van der Waals surface area contributed by atoms with Crippen LogP contribution < -0.4 is 5.32 Å². The number of carbonyl (C=O) groups excluding carboxylic acids is 1. The minimum Gasteiger partial charge on any atom is -0.361 e. The molecule has 1 aromatic heterocycles. The molecule has 30 heavy (non-hydrogen) atoms. The maximum Gasteiger partial charge on any atom is 0.243 e. The molecule has 2 aromatic rings. The monoisotopic (exact) mass is 451 g/mol. The average Bonchev–Trinajstić information content (AvgIpc) is 3.00. The van der Waals surface area contributed by atoms with Gasteiger partial charge >= 0.3 is 0 Å². The number of anilines is 1. The molecule has 1 saturated heterocycles. The topological polar surface area (TPSA) is 92.5 Å². The van der Waals surface area contributed by atoms with E-state index in [2.05, 4.69) is 24.3 Å². The molecule has 9 heteroatoms. The van der Waals surface area contributed by atoms with Crippen LogP contribution >= 0.6 is 11.8 Å². The third-order valence-electron chi connectivity index (χ3n) is 5.27. The molecule has 1 amide bonds. The van der Waals surface area contributed by atoms with Crippen molar-refractivity contribution in [2.45, 2.75) is 44.8 Å². The number of hydrogen-bond acceptors (Lipinski definition) is 6. The van der Waals surface area contributed by atoms with Gasteiger partial charge in [0.25, 0.3) is 0 Å². The van der Waals surface area contributed by atoms with Crippen molar-refractivity contribution in [3.63, 3.8) is 0 Å². The lowest BCUT2D eigenvalue weighted by Gasteiger charge is -2.34. The van der Waals surface area contributed by atoms with E-state index in [1.807, 2.05) is 13.8 Å². The van der Waals surface area contributed by atoms with Gasteiger partial charge in [0.05, 0.1) is 16.3 Å². The van der Waals surface area contributed by atoms with Crippen molar-refractivity contribution in [1.82, 2.24) is 9.46 Å². The Bertz CT molecular complexity index is 957. The van der Waals surface area contributed by atoms with Crippen molar-refractivity contribution in [3.8, 4) is 0 Å². The SMILES string of the molecule is Cc1noc(C)c1CSCC(=O)Nc1ccc(S(=O)(=O)N2CC(C)CC(C)C2)cc1. The number of nitrogens with one attached hydrogen (secondary N) is 1. The van der Waals surface area contributed by atoms with Crippen LogP contribution in [0.4, 0.5) is 5.69 Å². The second-order valence-corrected chi connectivity index (χ2v) is 11.1. The molecule has 0 radical (unpaired) electrons. The second kappa shape index (κ2) is 9.53. The van der Waals surface area contributed by atoms with Crippen molar-refractivity contribution in [2.24, 2.45) is 11.8 Å². The van der Waals surface area contributed by atoms with Gasteiger partial charge in [0.1, 0.15) is 5.76 Å². The predicted molar refractivity (Wildman–Crippen MR) is 119 cm³/mol. The summed E-state index contributed by atoms with van der Waals surface area (Å²) < 4.78 is 32.6. The van der Waals surface area contributed by atoms with E-state index in [0.29, 0.717) is 36.4 Å². The number of carbonyl (C=O) groups is 1. The maximum absolute atomic E-state index is 12.9. The van der Waals surface area contributed by atoms with Crippen molar-refractivity contribution in [2.75, 3.05) is 24.2 Å². The molecule has 0 spiro atoms. The fraction of sp³-hybridized carbons (Fsp3) is 0.524. The Labute approximate surface area is 182 Å². The summed E-state index contributed by atoms with van der Waals surface area (Å²) in [7, 11) is -3.52. The molecule has 0 aliphatic carbocycles. The van der Waals surface area contributed by atoms with Crippen LogP contribution in [0, 0.1) is 25.7 Å². The molecular weight excluding hydrogens is 422 g/mol. The first-order chi connectivity index (χ1) is 14.2. The zero-order chi connectivity index (χ0) is 21.9. The lowest BCUT2D eigenvalue weighted by molar-refractivity contribution is -0.113. The van der Waals surface area contributed by atoms with E-state index in [9.17, 15) is 13.2 Å². The molecule has 1 fully saturated rings. The quantitative estimate of drug-likeness (QED) is 0.688. The molecule has 2 heterocycles. The molecule has 1 N–H and O–H groups in total. The Morgan fingerprint density at radius 3 is 2.40 bits per heavy atom. The second-order valence-electron chi connectivity index (χ2n) is 8.14. The molecule has 164 valence electrons. The van der Waals surface area contributed by atoms with Crippen LogP contribution in [0.3, 0.4) is 0 Å². The molecule has 0 saturated carbocycles. The number of amides is 1. The van der Waals surface area contributed by atoms with Crippen LogP contribution in [0.5, 0.6) is 0 Å². The lowest BCUT2D eigenvalue weighted by Crippen LogP contribution is -2.42. The van der Waals surface area contributed by atoms with E-state index in [-0.39, 0.29) is 16.6 Å². The van der Waals surface area contributed by atoms with E-state index in [1.54, 1.807) is 28.6 Å². The molecule has 1 aliphatic heterocycles. The van der Waals surface area contributed by atoms with E-state index in [4.69, 9.17) is 4.52 Å². The van der Waals surface area contributed by atoms with Crippen LogP contribution in [0.2, 0.25) is 0 Å². The molecule has 3 rings (SSSR count). The number of benzene rings is 1.